The molecule has 1 N–H and O–H groups in total. The van der Waals surface area contributed by atoms with Crippen LogP contribution in [0.1, 0.15) is 20.7 Å². The van der Waals surface area contributed by atoms with Crippen molar-refractivity contribution in [3.8, 4) is 11.5 Å². The number of carbonyl (C=O) groups is 2. The second kappa shape index (κ2) is 7.44. The van der Waals surface area contributed by atoms with Crippen molar-refractivity contribution in [3.05, 3.63) is 106 Å². The fourth-order valence-corrected chi connectivity index (χ4v) is 3.03. The lowest BCUT2D eigenvalue weighted by Crippen LogP contribution is -2.31. The Labute approximate surface area is 165 Å². The minimum absolute atomic E-state index is 0.236. The molecule has 0 spiro atoms. The highest BCUT2D eigenvalue weighted by atomic mass is 16.5. The first kappa shape index (κ1) is 18.2. The van der Waals surface area contributed by atoms with E-state index in [0.29, 0.717) is 22.4 Å². The molecule has 6 heteroatoms. The number of carbonyl (C=O) groups excluding carboxylic acids is 1. The second-order valence-corrected chi connectivity index (χ2v) is 6.31. The van der Waals surface area contributed by atoms with Crippen LogP contribution in [-0.2, 0) is 0 Å². The fourth-order valence-electron chi connectivity index (χ4n) is 3.03. The van der Waals surface area contributed by atoms with Crippen molar-refractivity contribution in [2.45, 2.75) is 0 Å². The van der Waals surface area contributed by atoms with E-state index in [1.165, 1.54) is 18.2 Å². The number of ether oxygens (including phenoxy) is 1. The molecule has 0 aliphatic heterocycles. The molecule has 0 bridgehead atoms. The molecule has 0 radical (unpaired) electrons. The minimum atomic E-state index is -1.38. The number of carboxylic acid groups (broad SMARTS) is 1. The van der Waals surface area contributed by atoms with Crippen LogP contribution in [0.25, 0.3) is 10.9 Å². The Morgan fingerprint density at radius 3 is 2.10 bits per heavy atom. The predicted molar refractivity (Wildman–Crippen MR) is 108 cm³/mol. The third-order valence-electron chi connectivity index (χ3n) is 4.42. The van der Waals surface area contributed by atoms with Crippen LogP contribution >= 0.6 is 0 Å². The molecule has 0 saturated heterocycles. The molecule has 1 heterocycles. The SMILES string of the molecule is O=C(O)c1cc2ccccc2n(C(=O)c2ccc(Oc3ccccc3)cc2)c1=O. The lowest BCUT2D eigenvalue weighted by molar-refractivity contribution is 0.0695. The van der Waals surface area contributed by atoms with Crippen molar-refractivity contribution in [1.29, 1.82) is 0 Å². The standard InChI is InChI=1S/C23H15NO5/c25-21(15-10-12-18(13-11-15)29-17-7-2-1-3-8-17)24-20-9-5-4-6-16(20)14-19(22(24)26)23(27)28/h1-14H,(H,27,28). The van der Waals surface area contributed by atoms with Gasteiger partial charge in [0, 0.05) is 5.56 Å². The smallest absolute Gasteiger partial charge is 0.341 e. The molecule has 0 aliphatic rings. The minimum Gasteiger partial charge on any atom is -0.477 e. The van der Waals surface area contributed by atoms with Gasteiger partial charge >= 0.3 is 5.97 Å². The van der Waals surface area contributed by atoms with Gasteiger partial charge in [-0.15, -0.1) is 0 Å². The summed E-state index contributed by atoms with van der Waals surface area (Å²) in [6.45, 7) is 0. The maximum absolute atomic E-state index is 13.1. The predicted octanol–water partition coefficient (Wildman–Crippen LogP) is 4.18. The lowest BCUT2D eigenvalue weighted by atomic mass is 10.1. The number of carboxylic acids is 1. The number of hydrogen-bond donors (Lipinski definition) is 1. The van der Waals surface area contributed by atoms with E-state index in [4.69, 9.17) is 4.74 Å². The number of aromatic carboxylic acids is 1. The van der Waals surface area contributed by atoms with Crippen molar-refractivity contribution >= 4 is 22.8 Å². The van der Waals surface area contributed by atoms with Gasteiger partial charge in [0.25, 0.3) is 11.5 Å². The van der Waals surface area contributed by atoms with Crippen LogP contribution in [0, 0.1) is 0 Å². The summed E-state index contributed by atoms with van der Waals surface area (Å²) in [6, 6.07) is 23.4. The van der Waals surface area contributed by atoms with E-state index in [2.05, 4.69) is 0 Å². The Morgan fingerprint density at radius 1 is 0.793 bits per heavy atom. The monoisotopic (exact) mass is 385 g/mol. The Hall–Kier alpha value is -4.19. The summed E-state index contributed by atoms with van der Waals surface area (Å²) in [5.74, 6) is -0.804. The molecular formula is C23H15NO5. The first-order valence-corrected chi connectivity index (χ1v) is 8.80. The molecule has 6 nitrogen and oxygen atoms in total. The third kappa shape index (κ3) is 3.51. The van der Waals surface area contributed by atoms with Gasteiger partial charge in [0.05, 0.1) is 5.52 Å². The van der Waals surface area contributed by atoms with Crippen molar-refractivity contribution in [2.75, 3.05) is 0 Å². The van der Waals surface area contributed by atoms with E-state index < -0.39 is 23.0 Å². The van der Waals surface area contributed by atoms with Crippen molar-refractivity contribution in [1.82, 2.24) is 4.57 Å². The summed E-state index contributed by atoms with van der Waals surface area (Å²) in [4.78, 5) is 37.2. The van der Waals surface area contributed by atoms with Crippen LogP contribution in [-0.4, -0.2) is 21.6 Å². The van der Waals surface area contributed by atoms with Crippen LogP contribution in [0.4, 0.5) is 0 Å². The Morgan fingerprint density at radius 2 is 1.41 bits per heavy atom. The van der Waals surface area contributed by atoms with Crippen LogP contribution in [0.5, 0.6) is 11.5 Å². The van der Waals surface area contributed by atoms with E-state index in [1.54, 1.807) is 36.4 Å². The van der Waals surface area contributed by atoms with Crippen molar-refractivity contribution in [2.24, 2.45) is 0 Å². The Bertz CT molecular complexity index is 1270. The molecule has 0 fully saturated rings. The van der Waals surface area contributed by atoms with Gasteiger partial charge in [-0.25, -0.2) is 9.36 Å². The van der Waals surface area contributed by atoms with Crippen LogP contribution in [0.15, 0.2) is 89.7 Å². The molecule has 1 aromatic heterocycles. The summed E-state index contributed by atoms with van der Waals surface area (Å²) >= 11 is 0. The van der Waals surface area contributed by atoms with Gasteiger partial charge in [-0.05, 0) is 53.9 Å². The van der Waals surface area contributed by atoms with Gasteiger partial charge in [-0.2, -0.15) is 0 Å². The molecule has 142 valence electrons. The average Bonchev–Trinajstić information content (AvgIpc) is 2.74. The second-order valence-electron chi connectivity index (χ2n) is 6.31. The quantitative estimate of drug-likeness (QED) is 0.570. The highest BCUT2D eigenvalue weighted by molar-refractivity contribution is 6.03. The Kier molecular flexibility index (Phi) is 4.66. The maximum Gasteiger partial charge on any atom is 0.341 e. The van der Waals surface area contributed by atoms with Crippen LogP contribution < -0.4 is 10.3 Å². The highest BCUT2D eigenvalue weighted by Gasteiger charge is 2.20. The van der Waals surface area contributed by atoms with Gasteiger partial charge in [-0.1, -0.05) is 36.4 Å². The first-order chi connectivity index (χ1) is 14.0. The van der Waals surface area contributed by atoms with Gasteiger partial charge in [0.15, 0.2) is 0 Å². The van der Waals surface area contributed by atoms with Gasteiger partial charge < -0.3 is 9.84 Å². The number of aromatic nitrogens is 1. The summed E-state index contributed by atoms with van der Waals surface area (Å²) in [6.07, 6.45) is 0. The zero-order valence-corrected chi connectivity index (χ0v) is 15.1. The Balaban J connectivity index is 1.75. The molecule has 4 rings (SSSR count). The summed E-state index contributed by atoms with van der Waals surface area (Å²) in [5.41, 5.74) is -0.746. The number of nitrogens with zero attached hydrogens (tertiary/aromatic N) is 1. The normalized spacial score (nSPS) is 10.6. The molecule has 4 aromatic rings. The first-order valence-electron chi connectivity index (χ1n) is 8.80. The molecular weight excluding hydrogens is 370 g/mol. The molecule has 0 amide bonds. The number of hydrogen-bond acceptors (Lipinski definition) is 4. The zero-order valence-electron chi connectivity index (χ0n) is 15.1. The summed E-state index contributed by atoms with van der Waals surface area (Å²) < 4.78 is 6.60. The van der Waals surface area contributed by atoms with E-state index >= 15 is 0 Å². The van der Waals surface area contributed by atoms with Gasteiger partial charge in [0.2, 0.25) is 0 Å². The molecule has 0 aliphatic carbocycles. The van der Waals surface area contributed by atoms with E-state index in [1.807, 2.05) is 30.3 Å². The lowest BCUT2D eigenvalue weighted by Gasteiger charge is -2.11. The summed E-state index contributed by atoms with van der Waals surface area (Å²) in [5, 5.41) is 9.83. The van der Waals surface area contributed by atoms with E-state index in [9.17, 15) is 19.5 Å². The molecule has 0 saturated carbocycles. The van der Waals surface area contributed by atoms with Gasteiger partial charge in [0.1, 0.15) is 17.1 Å². The van der Waals surface area contributed by atoms with Crippen LogP contribution in [0.2, 0.25) is 0 Å². The number of fused-ring (bicyclic) bond motifs is 1. The average molecular weight is 385 g/mol. The van der Waals surface area contributed by atoms with Crippen molar-refractivity contribution in [3.63, 3.8) is 0 Å². The largest absolute Gasteiger partial charge is 0.477 e. The van der Waals surface area contributed by atoms with E-state index in [0.717, 1.165) is 4.57 Å². The molecule has 29 heavy (non-hydrogen) atoms. The number of rotatable bonds is 4. The highest BCUT2D eigenvalue weighted by Crippen LogP contribution is 2.22. The van der Waals surface area contributed by atoms with Crippen molar-refractivity contribution < 1.29 is 19.4 Å². The number of pyridine rings is 1. The maximum atomic E-state index is 13.1. The molecule has 3 aromatic carbocycles. The fraction of sp³-hybridized carbons (Fsp3) is 0. The third-order valence-corrected chi connectivity index (χ3v) is 4.42. The summed E-state index contributed by atoms with van der Waals surface area (Å²) in [7, 11) is 0. The van der Waals surface area contributed by atoms with Crippen LogP contribution in [0.3, 0.4) is 0 Å². The van der Waals surface area contributed by atoms with E-state index in [-0.39, 0.29) is 5.56 Å². The number of benzene rings is 3. The molecule has 0 atom stereocenters. The number of para-hydroxylation sites is 2. The van der Waals surface area contributed by atoms with Gasteiger partial charge in [-0.3, -0.25) is 9.59 Å². The zero-order chi connectivity index (χ0) is 20.4. The molecule has 0 unspecified atom stereocenters. The topological polar surface area (TPSA) is 85.6 Å².